The molecule has 28 heavy (non-hydrogen) atoms. The fourth-order valence-electron chi connectivity index (χ4n) is 3.77. The Morgan fingerprint density at radius 3 is 2.54 bits per heavy atom. The maximum absolute atomic E-state index is 10.6. The van der Waals surface area contributed by atoms with Gasteiger partial charge in [0.2, 0.25) is 0 Å². The molecule has 1 aliphatic rings. The zero-order valence-electron chi connectivity index (χ0n) is 16.0. The first kappa shape index (κ1) is 18.7. The predicted molar refractivity (Wildman–Crippen MR) is 114 cm³/mol. The van der Waals surface area contributed by atoms with Crippen LogP contribution in [0.15, 0.2) is 60.4 Å². The molecule has 4 rings (SSSR count). The molecule has 5 nitrogen and oxygen atoms in total. The normalized spacial score (nSPS) is 20.1. The summed E-state index contributed by atoms with van der Waals surface area (Å²) in [6.45, 7) is 6.19. The van der Waals surface area contributed by atoms with Gasteiger partial charge in [-0.25, -0.2) is 0 Å². The van der Waals surface area contributed by atoms with E-state index in [4.69, 9.17) is 12.2 Å². The number of aliphatic hydroxyl groups is 2. The van der Waals surface area contributed by atoms with Crippen LogP contribution in [-0.4, -0.2) is 31.1 Å². The van der Waals surface area contributed by atoms with E-state index < -0.39 is 6.10 Å². The number of hydrogen-bond donors (Lipinski definition) is 3. The van der Waals surface area contributed by atoms with E-state index in [-0.39, 0.29) is 17.1 Å². The highest BCUT2D eigenvalue weighted by Gasteiger charge is 2.34. The predicted octanol–water partition coefficient (Wildman–Crippen LogP) is 4.95. The van der Waals surface area contributed by atoms with Crippen molar-refractivity contribution in [2.75, 3.05) is 0 Å². The molecular weight excluding hydrogens is 370 g/mol. The Labute approximate surface area is 168 Å². The number of rotatable bonds is 2. The number of aliphatic hydroxyl groups excluding tert-OH is 2. The second-order valence-corrected chi connectivity index (χ2v) is 8.59. The first-order valence-electron chi connectivity index (χ1n) is 9.24. The van der Waals surface area contributed by atoms with Crippen molar-refractivity contribution < 1.29 is 10.2 Å². The van der Waals surface area contributed by atoms with Crippen molar-refractivity contribution in [3.63, 3.8) is 0 Å². The summed E-state index contributed by atoms with van der Waals surface area (Å²) in [5.41, 5.74) is 1.27. The van der Waals surface area contributed by atoms with Crippen LogP contribution in [-0.2, 0) is 0 Å². The Morgan fingerprint density at radius 1 is 1.07 bits per heavy atom. The summed E-state index contributed by atoms with van der Waals surface area (Å²) < 4.78 is 2.28. The van der Waals surface area contributed by atoms with Gasteiger partial charge in [-0.15, -0.1) is 0 Å². The number of aromatic nitrogens is 3. The Hall–Kier alpha value is -2.70. The molecule has 2 atom stereocenters. The van der Waals surface area contributed by atoms with Crippen LogP contribution < -0.4 is 0 Å². The minimum absolute atomic E-state index is 0.00323. The van der Waals surface area contributed by atoms with Crippen LogP contribution in [0.4, 0.5) is 0 Å². The third-order valence-corrected chi connectivity index (χ3v) is 5.51. The van der Waals surface area contributed by atoms with Crippen LogP contribution in [0.2, 0.25) is 0 Å². The molecule has 1 aliphatic carbocycles. The lowest BCUT2D eigenvalue weighted by Gasteiger charge is -2.34. The van der Waals surface area contributed by atoms with Crippen molar-refractivity contribution in [1.29, 1.82) is 0 Å². The molecule has 0 bridgehead atoms. The first-order valence-corrected chi connectivity index (χ1v) is 9.65. The van der Waals surface area contributed by atoms with Crippen molar-refractivity contribution in [2.24, 2.45) is 11.3 Å². The highest BCUT2D eigenvalue weighted by molar-refractivity contribution is 7.71. The minimum Gasteiger partial charge on any atom is -0.507 e. The number of fused-ring (bicyclic) bond motifs is 1. The van der Waals surface area contributed by atoms with Gasteiger partial charge in [-0.3, -0.25) is 9.67 Å². The van der Waals surface area contributed by atoms with Crippen molar-refractivity contribution in [3.8, 4) is 5.69 Å². The molecule has 1 heterocycles. The minimum atomic E-state index is -0.753. The maximum Gasteiger partial charge on any atom is 0.200 e. The monoisotopic (exact) mass is 393 g/mol. The van der Waals surface area contributed by atoms with E-state index in [1.165, 1.54) is 6.08 Å². The highest BCUT2D eigenvalue weighted by Crippen LogP contribution is 2.38. The summed E-state index contributed by atoms with van der Waals surface area (Å²) in [5, 5.41) is 30.4. The van der Waals surface area contributed by atoms with Crippen molar-refractivity contribution in [2.45, 2.75) is 26.9 Å². The summed E-state index contributed by atoms with van der Waals surface area (Å²) in [6, 6.07) is 14.1. The van der Waals surface area contributed by atoms with Gasteiger partial charge in [0.25, 0.3) is 0 Å². The van der Waals surface area contributed by atoms with E-state index >= 15 is 0 Å². The molecule has 2 aromatic carbocycles. The molecule has 3 aromatic rings. The lowest BCUT2D eigenvalue weighted by atomic mass is 9.74. The van der Waals surface area contributed by atoms with Crippen LogP contribution >= 0.6 is 12.2 Å². The lowest BCUT2D eigenvalue weighted by Crippen LogP contribution is -2.32. The van der Waals surface area contributed by atoms with Gasteiger partial charge in [0.15, 0.2) is 10.6 Å². The number of nitrogens with one attached hydrogen (secondary N) is 1. The second-order valence-electron chi connectivity index (χ2n) is 8.20. The standard InChI is InChI=1S/C22H23N3O2S/c1-22(2,3)16-11-15(18(26)12-19(16)27)20-23-24-21(28)25(20)17-10-6-8-13-7-4-5-9-14(13)17/h4-12,16,19,26-27H,1-3H3,(H,24,28). The van der Waals surface area contributed by atoms with Gasteiger partial charge in [0.05, 0.1) is 17.4 Å². The molecule has 0 fully saturated rings. The topological polar surface area (TPSA) is 74.1 Å². The van der Waals surface area contributed by atoms with E-state index in [2.05, 4.69) is 31.0 Å². The molecule has 1 aromatic heterocycles. The van der Waals surface area contributed by atoms with E-state index in [0.717, 1.165) is 16.5 Å². The number of H-pyrrole nitrogens is 1. The third kappa shape index (κ3) is 3.08. The lowest BCUT2D eigenvalue weighted by molar-refractivity contribution is 0.104. The van der Waals surface area contributed by atoms with Crippen LogP contribution in [0.25, 0.3) is 22.0 Å². The molecule has 144 valence electrons. The average molecular weight is 394 g/mol. The molecule has 6 heteroatoms. The maximum atomic E-state index is 10.6. The Bertz CT molecular complexity index is 1160. The number of benzene rings is 2. The molecule has 0 spiro atoms. The second kappa shape index (κ2) is 6.72. The average Bonchev–Trinajstić information content (AvgIpc) is 3.01. The number of nitrogens with zero attached hydrogens (tertiary/aromatic N) is 2. The SMILES string of the molecule is CC(C)(C)C1C=C(c2n[nH]c(=S)n2-c2cccc3ccccc23)C(O)=CC1O. The van der Waals surface area contributed by atoms with Crippen molar-refractivity contribution >= 4 is 28.6 Å². The van der Waals surface area contributed by atoms with Gasteiger partial charge in [0, 0.05) is 11.3 Å². The van der Waals surface area contributed by atoms with Crippen molar-refractivity contribution in [1.82, 2.24) is 14.8 Å². The highest BCUT2D eigenvalue weighted by atomic mass is 32.1. The van der Waals surface area contributed by atoms with E-state index in [9.17, 15) is 10.2 Å². The van der Waals surface area contributed by atoms with Crippen LogP contribution in [0.5, 0.6) is 0 Å². The fourth-order valence-corrected chi connectivity index (χ4v) is 4.00. The largest absolute Gasteiger partial charge is 0.507 e. The summed E-state index contributed by atoms with van der Waals surface area (Å²) in [5.74, 6) is 0.365. The molecule has 0 aliphatic heterocycles. The molecule has 3 N–H and O–H groups in total. The van der Waals surface area contributed by atoms with E-state index in [0.29, 0.717) is 16.2 Å². The molecule has 0 radical (unpaired) electrons. The Kier molecular flexibility index (Phi) is 4.48. The zero-order chi connectivity index (χ0) is 20.1. The van der Waals surface area contributed by atoms with E-state index in [1.54, 1.807) is 0 Å². The summed E-state index contributed by atoms with van der Waals surface area (Å²) in [7, 11) is 0. The molecule has 2 unspecified atom stereocenters. The van der Waals surface area contributed by atoms with Gasteiger partial charge in [-0.2, -0.15) is 5.10 Å². The van der Waals surface area contributed by atoms with Gasteiger partial charge in [-0.1, -0.05) is 63.2 Å². The zero-order valence-corrected chi connectivity index (χ0v) is 16.9. The van der Waals surface area contributed by atoms with Gasteiger partial charge >= 0.3 is 0 Å². The Balaban J connectivity index is 1.94. The van der Waals surface area contributed by atoms with Crippen LogP contribution in [0, 0.1) is 16.1 Å². The molecule has 0 saturated heterocycles. The summed E-state index contributed by atoms with van der Waals surface area (Å²) in [4.78, 5) is 0. The third-order valence-electron chi connectivity index (χ3n) is 5.24. The number of allylic oxidation sites excluding steroid dienone is 1. The number of hydrogen-bond acceptors (Lipinski definition) is 4. The first-order chi connectivity index (χ1) is 13.3. The fraction of sp³-hybridized carbons (Fsp3) is 0.273. The van der Waals surface area contributed by atoms with Crippen molar-refractivity contribution in [3.05, 3.63) is 71.0 Å². The Morgan fingerprint density at radius 2 is 1.79 bits per heavy atom. The molecule has 0 amide bonds. The van der Waals surface area contributed by atoms with Gasteiger partial charge in [0.1, 0.15) is 5.76 Å². The molecule has 0 saturated carbocycles. The van der Waals surface area contributed by atoms with Gasteiger partial charge < -0.3 is 10.2 Å². The summed E-state index contributed by atoms with van der Waals surface area (Å²) in [6.07, 6.45) is 2.62. The van der Waals surface area contributed by atoms with Gasteiger partial charge in [-0.05, 0) is 35.2 Å². The quantitative estimate of drug-likeness (QED) is 0.539. The molecular formula is C22H23N3O2S. The smallest absolute Gasteiger partial charge is 0.200 e. The van der Waals surface area contributed by atoms with Crippen LogP contribution in [0.3, 0.4) is 0 Å². The van der Waals surface area contributed by atoms with E-state index in [1.807, 2.05) is 53.1 Å². The number of aromatic amines is 1. The summed E-state index contributed by atoms with van der Waals surface area (Å²) >= 11 is 5.52. The van der Waals surface area contributed by atoms with Crippen LogP contribution in [0.1, 0.15) is 26.6 Å².